The average molecular weight is 310 g/mol. The van der Waals surface area contributed by atoms with Crippen molar-refractivity contribution in [2.75, 3.05) is 18.5 Å². The van der Waals surface area contributed by atoms with E-state index in [0.29, 0.717) is 11.4 Å². The zero-order valence-corrected chi connectivity index (χ0v) is 13.2. The number of hydrogen-bond acceptors (Lipinski definition) is 4. The first-order valence-electron chi connectivity index (χ1n) is 7.05. The van der Waals surface area contributed by atoms with Crippen molar-refractivity contribution in [3.05, 3.63) is 28.8 Å². The van der Waals surface area contributed by atoms with Gasteiger partial charge in [-0.2, -0.15) is 0 Å². The van der Waals surface area contributed by atoms with E-state index in [0.717, 1.165) is 11.3 Å². The molecular formula is C15H20ClN3O2. The predicted octanol–water partition coefficient (Wildman–Crippen LogP) is 1.86. The Morgan fingerprint density at radius 2 is 2.19 bits per heavy atom. The van der Waals surface area contributed by atoms with Crippen molar-refractivity contribution in [2.24, 2.45) is 0 Å². The second-order valence-electron chi connectivity index (χ2n) is 5.19. The number of rotatable bonds is 4. The lowest BCUT2D eigenvalue weighted by Gasteiger charge is -2.35. The van der Waals surface area contributed by atoms with Crippen LogP contribution in [0.4, 0.5) is 5.69 Å². The van der Waals surface area contributed by atoms with Crippen molar-refractivity contribution in [3.8, 4) is 0 Å². The molecule has 2 unspecified atom stereocenters. The molecule has 21 heavy (non-hydrogen) atoms. The fraction of sp³-hybridized carbons (Fsp3) is 0.467. The summed E-state index contributed by atoms with van der Waals surface area (Å²) < 4.78 is 0. The molecule has 1 aliphatic heterocycles. The van der Waals surface area contributed by atoms with Gasteiger partial charge in [0.2, 0.25) is 11.8 Å². The maximum Gasteiger partial charge on any atom is 0.249 e. The van der Waals surface area contributed by atoms with Crippen LogP contribution in [0.2, 0.25) is 5.02 Å². The van der Waals surface area contributed by atoms with Gasteiger partial charge in [-0.3, -0.25) is 14.9 Å². The number of amides is 2. The summed E-state index contributed by atoms with van der Waals surface area (Å²) in [6.45, 7) is 4.10. The van der Waals surface area contributed by atoms with Gasteiger partial charge in [-0.05, 0) is 38.1 Å². The van der Waals surface area contributed by atoms with E-state index in [1.54, 1.807) is 4.90 Å². The Balaban J connectivity index is 2.35. The molecule has 0 spiro atoms. The van der Waals surface area contributed by atoms with Gasteiger partial charge in [-0.15, -0.1) is 0 Å². The normalized spacial score (nSPS) is 20.4. The van der Waals surface area contributed by atoms with Crippen molar-refractivity contribution in [1.29, 1.82) is 0 Å². The third-order valence-corrected chi connectivity index (χ3v) is 4.16. The van der Waals surface area contributed by atoms with Gasteiger partial charge in [0.25, 0.3) is 0 Å². The van der Waals surface area contributed by atoms with Crippen molar-refractivity contribution >= 4 is 29.1 Å². The molecule has 1 heterocycles. The third kappa shape index (κ3) is 3.19. The summed E-state index contributed by atoms with van der Waals surface area (Å²) in [7, 11) is 1.88. The van der Waals surface area contributed by atoms with Crippen LogP contribution in [-0.4, -0.2) is 31.4 Å². The van der Waals surface area contributed by atoms with Gasteiger partial charge in [-0.25, -0.2) is 0 Å². The summed E-state index contributed by atoms with van der Waals surface area (Å²) >= 11 is 6.37. The van der Waals surface area contributed by atoms with Crippen LogP contribution in [0.5, 0.6) is 0 Å². The van der Waals surface area contributed by atoms with Crippen molar-refractivity contribution in [3.63, 3.8) is 0 Å². The number of halogens is 1. The molecule has 1 aliphatic rings. The fourth-order valence-electron chi connectivity index (χ4n) is 2.52. The number of carbonyl (C=O) groups is 2. The van der Waals surface area contributed by atoms with Gasteiger partial charge in [0.05, 0.1) is 17.3 Å². The first-order chi connectivity index (χ1) is 9.97. The Morgan fingerprint density at radius 3 is 2.76 bits per heavy atom. The molecule has 2 rings (SSSR count). The Bertz CT molecular complexity index is 562. The molecule has 0 saturated carbocycles. The smallest absolute Gasteiger partial charge is 0.249 e. The van der Waals surface area contributed by atoms with Crippen LogP contribution < -0.4 is 15.5 Å². The molecule has 2 N–H and O–H groups in total. The first kappa shape index (κ1) is 15.8. The zero-order chi connectivity index (χ0) is 15.6. The Hall–Kier alpha value is -1.59. The number of piperazine rings is 1. The molecule has 0 aromatic heterocycles. The topological polar surface area (TPSA) is 61.4 Å². The number of nitrogens with one attached hydrogen (secondary N) is 2. The molecule has 1 saturated heterocycles. The number of hydrogen-bond donors (Lipinski definition) is 2. The number of benzene rings is 1. The second kappa shape index (κ2) is 6.45. The highest BCUT2D eigenvalue weighted by Crippen LogP contribution is 2.31. The van der Waals surface area contributed by atoms with Crippen molar-refractivity contribution < 1.29 is 9.59 Å². The molecule has 1 aromatic carbocycles. The van der Waals surface area contributed by atoms with Gasteiger partial charge in [-0.1, -0.05) is 24.6 Å². The van der Waals surface area contributed by atoms with Crippen LogP contribution in [0.1, 0.15) is 31.9 Å². The molecule has 2 atom stereocenters. The van der Waals surface area contributed by atoms with E-state index in [-0.39, 0.29) is 30.4 Å². The number of imide groups is 1. The van der Waals surface area contributed by atoms with Gasteiger partial charge in [0, 0.05) is 6.04 Å². The highest BCUT2D eigenvalue weighted by molar-refractivity contribution is 6.33. The predicted molar refractivity (Wildman–Crippen MR) is 83.5 cm³/mol. The average Bonchev–Trinajstić information content (AvgIpc) is 2.45. The maximum atomic E-state index is 11.9. The van der Waals surface area contributed by atoms with Crippen LogP contribution >= 0.6 is 11.6 Å². The van der Waals surface area contributed by atoms with Crippen molar-refractivity contribution in [1.82, 2.24) is 10.6 Å². The fourth-order valence-corrected chi connectivity index (χ4v) is 2.82. The summed E-state index contributed by atoms with van der Waals surface area (Å²) in [6, 6.07) is 5.53. The molecule has 1 fully saturated rings. The van der Waals surface area contributed by atoms with Gasteiger partial charge in [0.15, 0.2) is 0 Å². The third-order valence-electron chi connectivity index (χ3n) is 3.86. The van der Waals surface area contributed by atoms with E-state index < -0.39 is 0 Å². The lowest BCUT2D eigenvalue weighted by atomic mass is 10.0. The summed E-state index contributed by atoms with van der Waals surface area (Å²) in [5, 5.41) is 6.07. The number of nitrogens with zero attached hydrogens (tertiary/aromatic N) is 1. The van der Waals surface area contributed by atoms with Crippen LogP contribution in [0.15, 0.2) is 18.2 Å². The highest BCUT2D eigenvalue weighted by atomic mass is 35.5. The summed E-state index contributed by atoms with van der Waals surface area (Å²) in [6.07, 6.45) is 0.615. The Labute approximate surface area is 129 Å². The molecule has 6 heteroatoms. The summed E-state index contributed by atoms with van der Waals surface area (Å²) in [4.78, 5) is 25.3. The molecule has 0 aliphatic carbocycles. The number of anilines is 1. The van der Waals surface area contributed by atoms with Crippen LogP contribution in [0.25, 0.3) is 0 Å². The second-order valence-corrected chi connectivity index (χ2v) is 5.59. The number of carbonyl (C=O) groups excluding carboxylic acids is 2. The maximum absolute atomic E-state index is 11.9. The molecule has 5 nitrogen and oxygen atoms in total. The molecule has 2 amide bonds. The van der Waals surface area contributed by atoms with E-state index in [9.17, 15) is 9.59 Å². The Morgan fingerprint density at radius 1 is 1.48 bits per heavy atom. The first-order valence-corrected chi connectivity index (χ1v) is 7.42. The van der Waals surface area contributed by atoms with Crippen LogP contribution in [-0.2, 0) is 9.59 Å². The summed E-state index contributed by atoms with van der Waals surface area (Å²) in [5.41, 5.74) is 1.78. The molecular weight excluding hydrogens is 290 g/mol. The van der Waals surface area contributed by atoms with E-state index in [1.807, 2.05) is 39.1 Å². The standard InChI is InChI=1S/C15H20ClN3O2/c1-4-12-15(21)18-14(20)8-19(12)13-6-5-10(7-11(13)16)9(2)17-3/h5-7,9,12,17H,4,8H2,1-3H3,(H,18,20,21). The van der Waals surface area contributed by atoms with Crippen molar-refractivity contribution in [2.45, 2.75) is 32.4 Å². The zero-order valence-electron chi connectivity index (χ0n) is 12.4. The molecule has 114 valence electrons. The van der Waals surface area contributed by atoms with E-state index in [2.05, 4.69) is 10.6 Å². The van der Waals surface area contributed by atoms with E-state index in [4.69, 9.17) is 11.6 Å². The highest BCUT2D eigenvalue weighted by Gasteiger charge is 2.33. The minimum Gasteiger partial charge on any atom is -0.349 e. The SMILES string of the molecule is CCC1C(=O)NC(=O)CN1c1ccc(C(C)NC)cc1Cl. The van der Waals surface area contributed by atoms with Gasteiger partial charge in [0.1, 0.15) is 6.04 Å². The minimum atomic E-state index is -0.368. The molecule has 0 bridgehead atoms. The molecule has 1 aromatic rings. The van der Waals surface area contributed by atoms with Crippen LogP contribution in [0, 0.1) is 0 Å². The Kier molecular flexibility index (Phi) is 4.85. The monoisotopic (exact) mass is 309 g/mol. The minimum absolute atomic E-state index is 0.144. The molecule has 0 radical (unpaired) electrons. The van der Waals surface area contributed by atoms with E-state index in [1.165, 1.54) is 0 Å². The summed E-state index contributed by atoms with van der Waals surface area (Å²) in [5.74, 6) is -0.564. The van der Waals surface area contributed by atoms with E-state index >= 15 is 0 Å². The van der Waals surface area contributed by atoms with Gasteiger partial charge >= 0.3 is 0 Å². The quantitative estimate of drug-likeness (QED) is 0.834. The lowest BCUT2D eigenvalue weighted by Crippen LogP contribution is -2.58. The largest absolute Gasteiger partial charge is 0.349 e. The lowest BCUT2D eigenvalue weighted by molar-refractivity contribution is -0.132. The van der Waals surface area contributed by atoms with Crippen LogP contribution in [0.3, 0.4) is 0 Å². The van der Waals surface area contributed by atoms with Gasteiger partial charge < -0.3 is 10.2 Å².